The molecule has 1 aliphatic rings. The van der Waals surface area contributed by atoms with Crippen LogP contribution in [0.1, 0.15) is 24.8 Å². The highest BCUT2D eigenvalue weighted by Crippen LogP contribution is 2.33. The van der Waals surface area contributed by atoms with Gasteiger partial charge in [-0.2, -0.15) is 0 Å². The lowest BCUT2D eigenvalue weighted by molar-refractivity contribution is -0.119. The van der Waals surface area contributed by atoms with Gasteiger partial charge in [0.2, 0.25) is 5.91 Å². The molecule has 0 saturated carbocycles. The summed E-state index contributed by atoms with van der Waals surface area (Å²) in [5, 5.41) is 2.86. The standard InChI is InChI=1S/C28H33N3O5S/c1-35-26-16-15-24(19-27(26)36-2)31(37(33,34)25-9-5-3-6-10-25)21-28(32)29-20-22-11-13-23(14-12-22)30-17-7-4-8-18-30/h3,5-6,9-16,19H,4,7-8,17-18,20-21H2,1-2H3,(H,29,32). The number of hydrogen-bond acceptors (Lipinski definition) is 6. The minimum Gasteiger partial charge on any atom is -0.493 e. The fourth-order valence-corrected chi connectivity index (χ4v) is 5.81. The lowest BCUT2D eigenvalue weighted by Crippen LogP contribution is -2.40. The number of nitrogens with zero attached hydrogens (tertiary/aromatic N) is 2. The first-order chi connectivity index (χ1) is 17.9. The first kappa shape index (κ1) is 26.3. The Kier molecular flexibility index (Phi) is 8.55. The van der Waals surface area contributed by atoms with E-state index in [0.717, 1.165) is 23.0 Å². The van der Waals surface area contributed by atoms with E-state index in [-0.39, 0.29) is 4.90 Å². The Morgan fingerprint density at radius 3 is 2.22 bits per heavy atom. The molecule has 1 fully saturated rings. The molecule has 3 aromatic rings. The second-order valence-corrected chi connectivity index (χ2v) is 10.7. The number of hydrogen-bond donors (Lipinski definition) is 1. The molecular formula is C28H33N3O5S. The monoisotopic (exact) mass is 523 g/mol. The summed E-state index contributed by atoms with van der Waals surface area (Å²) in [6.07, 6.45) is 3.70. The van der Waals surface area contributed by atoms with Crippen molar-refractivity contribution >= 4 is 27.3 Å². The van der Waals surface area contributed by atoms with Gasteiger partial charge >= 0.3 is 0 Å². The highest BCUT2D eigenvalue weighted by molar-refractivity contribution is 7.92. The fourth-order valence-electron chi connectivity index (χ4n) is 4.38. The SMILES string of the molecule is COc1ccc(N(CC(=O)NCc2ccc(N3CCCCC3)cc2)S(=O)(=O)c2ccccc2)cc1OC. The Bertz CT molecular complexity index is 1290. The van der Waals surface area contributed by atoms with Crippen LogP contribution in [-0.2, 0) is 21.4 Å². The van der Waals surface area contributed by atoms with Crippen molar-refractivity contribution in [2.45, 2.75) is 30.7 Å². The number of carbonyl (C=O) groups is 1. The number of sulfonamides is 1. The van der Waals surface area contributed by atoms with E-state index in [4.69, 9.17) is 9.47 Å². The third-order valence-corrected chi connectivity index (χ3v) is 8.21. The van der Waals surface area contributed by atoms with E-state index in [9.17, 15) is 13.2 Å². The molecule has 1 amide bonds. The van der Waals surface area contributed by atoms with Crippen molar-refractivity contribution in [2.24, 2.45) is 0 Å². The number of methoxy groups -OCH3 is 2. The number of nitrogens with one attached hydrogen (secondary N) is 1. The van der Waals surface area contributed by atoms with E-state index in [2.05, 4.69) is 22.3 Å². The van der Waals surface area contributed by atoms with Crippen LogP contribution >= 0.6 is 0 Å². The van der Waals surface area contributed by atoms with E-state index in [1.54, 1.807) is 36.4 Å². The number of rotatable bonds is 10. The third-order valence-electron chi connectivity index (χ3n) is 6.42. The third kappa shape index (κ3) is 6.35. The Labute approximate surface area is 218 Å². The van der Waals surface area contributed by atoms with Gasteiger partial charge in [0, 0.05) is 31.4 Å². The van der Waals surface area contributed by atoms with Gasteiger partial charge in [0.15, 0.2) is 11.5 Å². The molecule has 1 saturated heterocycles. The second-order valence-electron chi connectivity index (χ2n) is 8.85. The second kappa shape index (κ2) is 12.0. The number of benzene rings is 3. The molecule has 0 atom stereocenters. The molecule has 0 bridgehead atoms. The smallest absolute Gasteiger partial charge is 0.264 e. The molecule has 8 nitrogen and oxygen atoms in total. The van der Waals surface area contributed by atoms with Gasteiger partial charge in [-0.25, -0.2) is 8.42 Å². The first-order valence-corrected chi connectivity index (χ1v) is 13.8. The average Bonchev–Trinajstić information content (AvgIpc) is 2.95. The fraction of sp³-hybridized carbons (Fsp3) is 0.321. The molecule has 196 valence electrons. The molecule has 0 unspecified atom stereocenters. The van der Waals surface area contributed by atoms with Gasteiger partial charge in [0.1, 0.15) is 6.54 Å². The molecule has 9 heteroatoms. The predicted octanol–water partition coefficient (Wildman–Crippen LogP) is 4.21. The van der Waals surface area contributed by atoms with E-state index < -0.39 is 22.5 Å². The normalized spacial score (nSPS) is 13.6. The molecule has 4 rings (SSSR count). The summed E-state index contributed by atoms with van der Waals surface area (Å²) in [5.41, 5.74) is 2.42. The van der Waals surface area contributed by atoms with Gasteiger partial charge in [0.05, 0.1) is 24.8 Å². The Morgan fingerprint density at radius 1 is 0.892 bits per heavy atom. The van der Waals surface area contributed by atoms with E-state index in [1.807, 2.05) is 12.1 Å². The van der Waals surface area contributed by atoms with Gasteiger partial charge in [-0.3, -0.25) is 9.10 Å². The molecule has 1 N–H and O–H groups in total. The van der Waals surface area contributed by atoms with Gasteiger partial charge in [-0.1, -0.05) is 30.3 Å². The molecule has 3 aromatic carbocycles. The van der Waals surface area contributed by atoms with E-state index >= 15 is 0 Å². The van der Waals surface area contributed by atoms with Crippen LogP contribution in [0.4, 0.5) is 11.4 Å². The van der Waals surface area contributed by atoms with Crippen molar-refractivity contribution in [1.82, 2.24) is 5.32 Å². The zero-order valence-electron chi connectivity index (χ0n) is 21.2. The Hall–Kier alpha value is -3.72. The van der Waals surface area contributed by atoms with Gasteiger partial charge < -0.3 is 19.7 Å². The highest BCUT2D eigenvalue weighted by atomic mass is 32.2. The van der Waals surface area contributed by atoms with Crippen molar-refractivity contribution in [3.8, 4) is 11.5 Å². The van der Waals surface area contributed by atoms with Crippen LogP contribution in [0.3, 0.4) is 0 Å². The van der Waals surface area contributed by atoms with Crippen molar-refractivity contribution < 1.29 is 22.7 Å². The molecule has 37 heavy (non-hydrogen) atoms. The predicted molar refractivity (Wildman–Crippen MR) is 145 cm³/mol. The maximum Gasteiger partial charge on any atom is 0.264 e. The van der Waals surface area contributed by atoms with Crippen molar-refractivity contribution in [2.75, 3.05) is 43.1 Å². The van der Waals surface area contributed by atoms with Gasteiger partial charge in [-0.15, -0.1) is 0 Å². The van der Waals surface area contributed by atoms with Crippen LogP contribution < -0.4 is 24.0 Å². The average molecular weight is 524 g/mol. The summed E-state index contributed by atoms with van der Waals surface area (Å²) in [6, 6.07) is 20.9. The quantitative estimate of drug-likeness (QED) is 0.429. The van der Waals surface area contributed by atoms with Crippen LogP contribution in [0, 0.1) is 0 Å². The van der Waals surface area contributed by atoms with Crippen LogP contribution in [0.15, 0.2) is 77.7 Å². The first-order valence-electron chi connectivity index (χ1n) is 12.3. The zero-order chi connectivity index (χ0) is 26.3. The summed E-state index contributed by atoms with van der Waals surface area (Å²) < 4.78 is 38.8. The summed E-state index contributed by atoms with van der Waals surface area (Å²) in [4.78, 5) is 15.5. The van der Waals surface area contributed by atoms with Gasteiger partial charge in [0.25, 0.3) is 10.0 Å². The number of amides is 1. The van der Waals surface area contributed by atoms with E-state index in [1.165, 1.54) is 51.3 Å². The zero-order valence-corrected chi connectivity index (χ0v) is 22.0. The van der Waals surface area contributed by atoms with Crippen LogP contribution in [0.5, 0.6) is 11.5 Å². The number of carbonyl (C=O) groups excluding carboxylic acids is 1. The minimum atomic E-state index is -4.02. The summed E-state index contributed by atoms with van der Waals surface area (Å²) in [6.45, 7) is 2.04. The summed E-state index contributed by atoms with van der Waals surface area (Å²) in [5.74, 6) is 0.401. The molecule has 0 spiro atoms. The number of ether oxygens (including phenoxy) is 2. The molecular weight excluding hydrogens is 490 g/mol. The Morgan fingerprint density at radius 2 is 1.57 bits per heavy atom. The molecule has 0 radical (unpaired) electrons. The van der Waals surface area contributed by atoms with Gasteiger partial charge in [-0.05, 0) is 61.2 Å². The highest BCUT2D eigenvalue weighted by Gasteiger charge is 2.28. The Balaban J connectivity index is 1.50. The lowest BCUT2D eigenvalue weighted by atomic mass is 10.1. The van der Waals surface area contributed by atoms with Crippen molar-refractivity contribution in [1.29, 1.82) is 0 Å². The molecule has 1 aliphatic heterocycles. The number of anilines is 2. The molecule has 1 heterocycles. The number of piperidine rings is 1. The minimum absolute atomic E-state index is 0.0888. The van der Waals surface area contributed by atoms with Crippen LogP contribution in [0.25, 0.3) is 0 Å². The van der Waals surface area contributed by atoms with Crippen molar-refractivity contribution in [3.05, 3.63) is 78.4 Å². The largest absolute Gasteiger partial charge is 0.493 e. The maximum absolute atomic E-state index is 13.6. The molecule has 0 aromatic heterocycles. The topological polar surface area (TPSA) is 88.2 Å². The van der Waals surface area contributed by atoms with Crippen LogP contribution in [0.2, 0.25) is 0 Å². The molecule has 0 aliphatic carbocycles. The maximum atomic E-state index is 13.6. The van der Waals surface area contributed by atoms with Crippen LogP contribution in [-0.4, -0.2) is 48.2 Å². The summed E-state index contributed by atoms with van der Waals surface area (Å²) >= 11 is 0. The summed E-state index contributed by atoms with van der Waals surface area (Å²) in [7, 11) is -1.05. The van der Waals surface area contributed by atoms with Crippen molar-refractivity contribution in [3.63, 3.8) is 0 Å². The van der Waals surface area contributed by atoms with E-state index in [0.29, 0.717) is 23.7 Å². The lowest BCUT2D eigenvalue weighted by Gasteiger charge is -2.28.